The van der Waals surface area contributed by atoms with Crippen molar-refractivity contribution >= 4 is 22.6 Å². The largest absolute Gasteiger partial charge is 0.478 e. The Balaban J connectivity index is 2.23. The lowest BCUT2D eigenvalue weighted by molar-refractivity contribution is 0.0696. The van der Waals surface area contributed by atoms with Crippen molar-refractivity contribution in [2.75, 3.05) is 16.8 Å². The molecule has 1 saturated heterocycles. The van der Waals surface area contributed by atoms with E-state index < -0.39 is 16.8 Å². The number of aromatic carboxylic acids is 1. The Morgan fingerprint density at radius 3 is 2.53 bits per heavy atom. The summed E-state index contributed by atoms with van der Waals surface area (Å²) in [6.45, 7) is 3.47. The molecule has 7 heteroatoms. The molecule has 0 aliphatic carbocycles. The molecule has 1 aliphatic heterocycles. The molecule has 1 aliphatic rings. The minimum absolute atomic E-state index is 0.118. The summed E-state index contributed by atoms with van der Waals surface area (Å²) in [6.07, 6.45) is 1.53. The zero-order chi connectivity index (χ0) is 14.0. The summed E-state index contributed by atoms with van der Waals surface area (Å²) in [5, 5.41) is 20.3. The van der Waals surface area contributed by atoms with Crippen molar-refractivity contribution in [1.29, 1.82) is 0 Å². The number of anilines is 1. The first-order chi connectivity index (χ1) is 8.99. The van der Waals surface area contributed by atoms with Crippen molar-refractivity contribution < 1.29 is 14.1 Å². The third-order valence-electron chi connectivity index (χ3n) is 3.40. The molecule has 2 rings (SSSR count). The molecule has 1 fully saturated rings. The molecule has 0 atom stereocenters. The van der Waals surface area contributed by atoms with Crippen LogP contribution in [-0.4, -0.2) is 43.0 Å². The van der Waals surface area contributed by atoms with Crippen LogP contribution in [0.2, 0.25) is 0 Å². The van der Waals surface area contributed by atoms with Crippen molar-refractivity contribution in [3.63, 3.8) is 0 Å². The van der Waals surface area contributed by atoms with Gasteiger partial charge in [0.15, 0.2) is 5.82 Å². The van der Waals surface area contributed by atoms with E-state index in [9.17, 15) is 14.1 Å². The predicted octanol–water partition coefficient (Wildman–Crippen LogP) is 1.11. The van der Waals surface area contributed by atoms with Crippen molar-refractivity contribution in [2.45, 2.75) is 32.7 Å². The highest BCUT2D eigenvalue weighted by molar-refractivity contribution is 7.85. The minimum Gasteiger partial charge on any atom is -0.478 e. The maximum absolute atomic E-state index is 11.3. The lowest BCUT2D eigenvalue weighted by atomic mass is 10.1. The molecule has 0 bridgehead atoms. The van der Waals surface area contributed by atoms with E-state index in [0.717, 1.165) is 12.8 Å². The summed E-state index contributed by atoms with van der Waals surface area (Å²) in [5.74, 6) is 0.613. The molecule has 2 N–H and O–H groups in total. The Morgan fingerprint density at radius 1 is 1.32 bits per heavy atom. The van der Waals surface area contributed by atoms with Crippen LogP contribution in [0.5, 0.6) is 0 Å². The molecule has 104 valence electrons. The maximum Gasteiger partial charge on any atom is 0.339 e. The van der Waals surface area contributed by atoms with Gasteiger partial charge in [0.2, 0.25) is 0 Å². The summed E-state index contributed by atoms with van der Waals surface area (Å²) >= 11 is 0. The number of aryl methyl sites for hydroxylation is 1. The number of nitrogens with zero attached hydrogens (tertiary/aromatic N) is 2. The lowest BCUT2D eigenvalue weighted by Gasteiger charge is -2.23. The van der Waals surface area contributed by atoms with Crippen LogP contribution in [0, 0.1) is 13.8 Å². The van der Waals surface area contributed by atoms with Gasteiger partial charge in [-0.15, -0.1) is 5.10 Å². The van der Waals surface area contributed by atoms with E-state index in [1.54, 1.807) is 13.8 Å². The molecule has 0 spiro atoms. The molecule has 0 aromatic carbocycles. The van der Waals surface area contributed by atoms with Crippen LogP contribution in [0.4, 0.5) is 5.82 Å². The number of hydrogen-bond donors (Lipinski definition) is 2. The highest BCUT2D eigenvalue weighted by Gasteiger charge is 2.22. The fraction of sp³-hybridized carbons (Fsp3) is 0.583. The van der Waals surface area contributed by atoms with Crippen LogP contribution in [0.25, 0.3) is 0 Å². The van der Waals surface area contributed by atoms with Crippen LogP contribution in [-0.2, 0) is 10.8 Å². The Labute approximate surface area is 114 Å². The molecular weight excluding hydrogens is 266 g/mol. The predicted molar refractivity (Wildman–Crippen MR) is 73.0 cm³/mol. The second-order valence-corrected chi connectivity index (χ2v) is 6.40. The third-order valence-corrected chi connectivity index (χ3v) is 4.78. The summed E-state index contributed by atoms with van der Waals surface area (Å²) in [4.78, 5) is 11.3. The number of hydrogen-bond acceptors (Lipinski definition) is 5. The first kappa shape index (κ1) is 13.9. The summed E-state index contributed by atoms with van der Waals surface area (Å²) in [5.41, 5.74) is 1.43. The molecule has 1 aromatic rings. The van der Waals surface area contributed by atoms with Gasteiger partial charge in [-0.25, -0.2) is 4.79 Å². The molecule has 2 heterocycles. The van der Waals surface area contributed by atoms with Gasteiger partial charge in [0, 0.05) is 28.3 Å². The van der Waals surface area contributed by atoms with E-state index >= 15 is 0 Å². The Morgan fingerprint density at radius 2 is 1.95 bits per heavy atom. The van der Waals surface area contributed by atoms with Gasteiger partial charge < -0.3 is 10.4 Å². The number of carbonyl (C=O) groups is 1. The van der Waals surface area contributed by atoms with Gasteiger partial charge in [0.25, 0.3) is 0 Å². The van der Waals surface area contributed by atoms with Crippen LogP contribution in [0.15, 0.2) is 0 Å². The second kappa shape index (κ2) is 5.64. The summed E-state index contributed by atoms with van der Waals surface area (Å²) in [6, 6.07) is 0.118. The van der Waals surface area contributed by atoms with E-state index in [0.29, 0.717) is 28.6 Å². The number of carboxylic acid groups (broad SMARTS) is 1. The van der Waals surface area contributed by atoms with Crippen LogP contribution in [0.3, 0.4) is 0 Å². The fourth-order valence-corrected chi connectivity index (χ4v) is 3.40. The number of carboxylic acids is 1. The topological polar surface area (TPSA) is 92.2 Å². The molecule has 1 aromatic heterocycles. The normalized spacial score (nSPS) is 23.1. The van der Waals surface area contributed by atoms with E-state index in [1.165, 1.54) is 0 Å². The van der Waals surface area contributed by atoms with Gasteiger partial charge in [-0.05, 0) is 32.3 Å². The molecule has 19 heavy (non-hydrogen) atoms. The van der Waals surface area contributed by atoms with E-state index in [4.69, 9.17) is 0 Å². The zero-order valence-electron chi connectivity index (χ0n) is 11.0. The second-order valence-electron chi connectivity index (χ2n) is 4.71. The average molecular weight is 283 g/mol. The van der Waals surface area contributed by atoms with E-state index in [1.807, 2.05) is 0 Å². The Kier molecular flexibility index (Phi) is 4.14. The van der Waals surface area contributed by atoms with Crippen LogP contribution >= 0.6 is 0 Å². The number of nitrogens with one attached hydrogen (secondary N) is 1. The molecule has 0 saturated carbocycles. The number of aromatic nitrogens is 2. The minimum atomic E-state index is -1.00. The van der Waals surface area contributed by atoms with Gasteiger partial charge in [0.05, 0.1) is 5.69 Å². The molecule has 6 nitrogen and oxygen atoms in total. The van der Waals surface area contributed by atoms with Gasteiger partial charge in [-0.2, -0.15) is 5.10 Å². The smallest absolute Gasteiger partial charge is 0.339 e. The average Bonchev–Trinajstić information content (AvgIpc) is 2.36. The van der Waals surface area contributed by atoms with Gasteiger partial charge in [-0.3, -0.25) is 4.21 Å². The first-order valence-electron chi connectivity index (χ1n) is 6.17. The molecule has 0 unspecified atom stereocenters. The Bertz CT molecular complexity index is 523. The molecule has 0 amide bonds. The summed E-state index contributed by atoms with van der Waals surface area (Å²) < 4.78 is 11.3. The fourth-order valence-electron chi connectivity index (χ4n) is 2.10. The third kappa shape index (κ3) is 3.09. The number of rotatable bonds is 3. The monoisotopic (exact) mass is 283 g/mol. The quantitative estimate of drug-likeness (QED) is 0.863. The molecule has 0 radical (unpaired) electrons. The van der Waals surface area contributed by atoms with Crippen molar-refractivity contribution in [1.82, 2.24) is 10.2 Å². The lowest BCUT2D eigenvalue weighted by Crippen LogP contribution is -2.30. The zero-order valence-corrected chi connectivity index (χ0v) is 11.8. The van der Waals surface area contributed by atoms with Crippen molar-refractivity contribution in [3.05, 3.63) is 16.8 Å². The van der Waals surface area contributed by atoms with E-state index in [-0.39, 0.29) is 11.6 Å². The highest BCUT2D eigenvalue weighted by Crippen LogP contribution is 2.21. The molecular formula is C12H17N3O3S. The summed E-state index contributed by atoms with van der Waals surface area (Å²) in [7, 11) is -0.733. The van der Waals surface area contributed by atoms with E-state index in [2.05, 4.69) is 15.5 Å². The maximum atomic E-state index is 11.3. The SMILES string of the molecule is Cc1nnc(NC2CCS(=O)CC2)c(C(=O)O)c1C. The highest BCUT2D eigenvalue weighted by atomic mass is 32.2. The van der Waals surface area contributed by atoms with Crippen LogP contribution in [0.1, 0.15) is 34.5 Å². The first-order valence-corrected chi connectivity index (χ1v) is 7.66. The van der Waals surface area contributed by atoms with Gasteiger partial charge >= 0.3 is 5.97 Å². The Hall–Kier alpha value is -1.50. The van der Waals surface area contributed by atoms with Crippen molar-refractivity contribution in [3.8, 4) is 0 Å². The van der Waals surface area contributed by atoms with Gasteiger partial charge in [0.1, 0.15) is 5.56 Å². The van der Waals surface area contributed by atoms with Gasteiger partial charge in [-0.1, -0.05) is 0 Å². The van der Waals surface area contributed by atoms with Crippen LogP contribution < -0.4 is 5.32 Å². The standard InChI is InChI=1S/C12H17N3O3S/c1-7-8(2)14-15-11(10(7)12(16)17)13-9-3-5-19(18)6-4-9/h9H,3-6H2,1-2H3,(H,13,15)(H,16,17). The van der Waals surface area contributed by atoms with Crippen molar-refractivity contribution in [2.24, 2.45) is 0 Å².